The van der Waals surface area contributed by atoms with Gasteiger partial charge in [0, 0.05) is 0 Å². The number of hydrogen-bond acceptors (Lipinski definition) is 1. The maximum atomic E-state index is 8.75. The molecular formula is C17H30O. The smallest absolute Gasteiger partial charge is 0.0614 e. The van der Waals surface area contributed by atoms with Gasteiger partial charge in [-0.25, -0.2) is 0 Å². The summed E-state index contributed by atoms with van der Waals surface area (Å²) in [6, 6.07) is 0. The van der Waals surface area contributed by atoms with E-state index in [1.54, 1.807) is 0 Å². The van der Waals surface area contributed by atoms with Crippen molar-refractivity contribution in [3.8, 4) is 0 Å². The zero-order chi connectivity index (χ0) is 13.8. The molecule has 0 bridgehead atoms. The van der Waals surface area contributed by atoms with Crippen LogP contribution in [0.5, 0.6) is 0 Å². The number of hydrogen-bond donors (Lipinski definition) is 1. The highest BCUT2D eigenvalue weighted by Gasteiger charge is 1.92. The van der Waals surface area contributed by atoms with Gasteiger partial charge in [0.2, 0.25) is 0 Å². The molecule has 0 radical (unpaired) electrons. The number of allylic oxidation sites excluding steroid dienone is 5. The Bertz CT molecular complexity index is 291. The van der Waals surface area contributed by atoms with E-state index in [4.69, 9.17) is 5.11 Å². The van der Waals surface area contributed by atoms with Crippen molar-refractivity contribution >= 4 is 0 Å². The van der Waals surface area contributed by atoms with Crippen LogP contribution in [0.1, 0.15) is 66.2 Å². The van der Waals surface area contributed by atoms with E-state index in [2.05, 4.69) is 39.8 Å². The topological polar surface area (TPSA) is 20.2 Å². The van der Waals surface area contributed by atoms with Crippen LogP contribution in [0.2, 0.25) is 0 Å². The fourth-order valence-electron chi connectivity index (χ4n) is 1.86. The molecule has 1 heteroatoms. The van der Waals surface area contributed by atoms with Crippen LogP contribution in [0.25, 0.3) is 0 Å². The van der Waals surface area contributed by atoms with Gasteiger partial charge >= 0.3 is 0 Å². The lowest BCUT2D eigenvalue weighted by molar-refractivity contribution is 0.341. The number of rotatable bonds is 9. The normalized spacial score (nSPS) is 12.7. The molecule has 0 aliphatic carbocycles. The highest BCUT2D eigenvalue weighted by molar-refractivity contribution is 5.01. The Kier molecular flexibility index (Phi) is 10.8. The Hall–Kier alpha value is -0.820. The number of unbranched alkanes of at least 4 members (excludes halogenated alkanes) is 2. The molecule has 18 heavy (non-hydrogen) atoms. The first-order valence-corrected chi connectivity index (χ1v) is 7.11. The number of aliphatic hydroxyl groups excluding tert-OH is 1. The van der Waals surface area contributed by atoms with Crippen LogP contribution >= 0.6 is 0 Å². The van der Waals surface area contributed by atoms with E-state index in [9.17, 15) is 0 Å². The molecule has 0 aromatic rings. The van der Waals surface area contributed by atoms with Crippen molar-refractivity contribution in [1.82, 2.24) is 0 Å². The average Bonchev–Trinajstić information content (AvgIpc) is 2.30. The summed E-state index contributed by atoms with van der Waals surface area (Å²) in [6.07, 6.45) is 13.7. The summed E-state index contributed by atoms with van der Waals surface area (Å²) < 4.78 is 0. The molecule has 0 fully saturated rings. The van der Waals surface area contributed by atoms with E-state index in [0.29, 0.717) is 0 Å². The summed E-state index contributed by atoms with van der Waals surface area (Å²) >= 11 is 0. The highest BCUT2D eigenvalue weighted by Crippen LogP contribution is 2.12. The van der Waals surface area contributed by atoms with Gasteiger partial charge in [0.15, 0.2) is 0 Å². The Balaban J connectivity index is 3.65. The molecule has 0 aliphatic rings. The minimum Gasteiger partial charge on any atom is -0.392 e. The average molecular weight is 250 g/mol. The molecular weight excluding hydrogens is 220 g/mol. The Morgan fingerprint density at radius 3 is 1.78 bits per heavy atom. The van der Waals surface area contributed by atoms with Crippen LogP contribution < -0.4 is 0 Å². The molecule has 1 N–H and O–H groups in total. The third-order valence-corrected chi connectivity index (χ3v) is 3.04. The van der Waals surface area contributed by atoms with Gasteiger partial charge in [-0.1, -0.05) is 34.9 Å². The number of aliphatic hydroxyl groups is 1. The molecule has 0 saturated heterocycles. The van der Waals surface area contributed by atoms with Gasteiger partial charge in [0.05, 0.1) is 6.61 Å². The van der Waals surface area contributed by atoms with Gasteiger partial charge in [-0.15, -0.1) is 0 Å². The molecule has 0 rings (SSSR count). The SMILES string of the molecule is CC(C)=CCCC/C(C)=C/CCC/C(C)=C/CO. The van der Waals surface area contributed by atoms with Gasteiger partial charge in [-0.3, -0.25) is 0 Å². The highest BCUT2D eigenvalue weighted by atomic mass is 16.2. The molecule has 0 heterocycles. The molecule has 0 aromatic heterocycles. The minimum atomic E-state index is 0.172. The third kappa shape index (κ3) is 11.7. The predicted molar refractivity (Wildman–Crippen MR) is 81.7 cm³/mol. The van der Waals surface area contributed by atoms with E-state index < -0.39 is 0 Å². The Labute approximate surface area is 113 Å². The van der Waals surface area contributed by atoms with Crippen LogP contribution in [0.3, 0.4) is 0 Å². The molecule has 0 amide bonds. The second-order valence-electron chi connectivity index (χ2n) is 5.35. The van der Waals surface area contributed by atoms with Crippen molar-refractivity contribution in [2.45, 2.75) is 66.2 Å². The fraction of sp³-hybridized carbons (Fsp3) is 0.647. The van der Waals surface area contributed by atoms with Crippen molar-refractivity contribution in [3.05, 3.63) is 34.9 Å². The summed E-state index contributed by atoms with van der Waals surface area (Å²) in [6.45, 7) is 8.81. The fourth-order valence-corrected chi connectivity index (χ4v) is 1.86. The van der Waals surface area contributed by atoms with Crippen molar-refractivity contribution in [1.29, 1.82) is 0 Å². The first kappa shape index (κ1) is 17.2. The summed E-state index contributed by atoms with van der Waals surface area (Å²) in [4.78, 5) is 0. The van der Waals surface area contributed by atoms with Crippen molar-refractivity contribution in [3.63, 3.8) is 0 Å². The molecule has 0 saturated carbocycles. The molecule has 104 valence electrons. The maximum absolute atomic E-state index is 8.75. The molecule has 0 spiro atoms. The second-order valence-corrected chi connectivity index (χ2v) is 5.35. The first-order valence-electron chi connectivity index (χ1n) is 7.11. The zero-order valence-corrected chi connectivity index (χ0v) is 12.6. The molecule has 0 aromatic carbocycles. The lowest BCUT2D eigenvalue weighted by Crippen LogP contribution is -1.83. The summed E-state index contributed by atoms with van der Waals surface area (Å²) in [5.41, 5.74) is 4.23. The predicted octanol–water partition coefficient (Wildman–Crippen LogP) is 5.18. The van der Waals surface area contributed by atoms with Crippen LogP contribution in [0.15, 0.2) is 34.9 Å². The lowest BCUT2D eigenvalue weighted by Gasteiger charge is -2.02. The maximum Gasteiger partial charge on any atom is 0.0614 e. The van der Waals surface area contributed by atoms with Crippen LogP contribution in [-0.2, 0) is 0 Å². The summed E-state index contributed by atoms with van der Waals surface area (Å²) in [5, 5.41) is 8.75. The van der Waals surface area contributed by atoms with Gasteiger partial charge in [-0.05, 0) is 66.2 Å². The van der Waals surface area contributed by atoms with Crippen molar-refractivity contribution in [2.75, 3.05) is 6.61 Å². The van der Waals surface area contributed by atoms with E-state index in [0.717, 1.165) is 12.8 Å². The molecule has 0 unspecified atom stereocenters. The van der Waals surface area contributed by atoms with Gasteiger partial charge in [0.25, 0.3) is 0 Å². The van der Waals surface area contributed by atoms with Crippen molar-refractivity contribution < 1.29 is 5.11 Å². The second kappa shape index (κ2) is 11.3. The van der Waals surface area contributed by atoms with Crippen LogP contribution in [0, 0.1) is 0 Å². The van der Waals surface area contributed by atoms with Gasteiger partial charge in [-0.2, -0.15) is 0 Å². The Morgan fingerprint density at radius 1 is 0.778 bits per heavy atom. The van der Waals surface area contributed by atoms with E-state index in [1.165, 1.54) is 42.4 Å². The van der Waals surface area contributed by atoms with Crippen LogP contribution in [0.4, 0.5) is 0 Å². The lowest BCUT2D eigenvalue weighted by atomic mass is 10.1. The van der Waals surface area contributed by atoms with Crippen molar-refractivity contribution in [2.24, 2.45) is 0 Å². The summed E-state index contributed by atoms with van der Waals surface area (Å²) in [5.74, 6) is 0. The van der Waals surface area contributed by atoms with Crippen LogP contribution in [-0.4, -0.2) is 11.7 Å². The Morgan fingerprint density at radius 2 is 1.28 bits per heavy atom. The van der Waals surface area contributed by atoms with Gasteiger partial charge < -0.3 is 5.11 Å². The third-order valence-electron chi connectivity index (χ3n) is 3.04. The van der Waals surface area contributed by atoms with Gasteiger partial charge in [0.1, 0.15) is 0 Å². The van der Waals surface area contributed by atoms with E-state index in [1.807, 2.05) is 6.08 Å². The summed E-state index contributed by atoms with van der Waals surface area (Å²) in [7, 11) is 0. The molecule has 0 aliphatic heterocycles. The standard InChI is InChI=1S/C17H30O/c1-15(2)9-5-6-10-16(3)11-7-8-12-17(4)13-14-18/h9,11,13,18H,5-8,10,12,14H2,1-4H3/b16-11+,17-13+. The monoisotopic (exact) mass is 250 g/mol. The van der Waals surface area contributed by atoms with E-state index in [-0.39, 0.29) is 6.61 Å². The quantitative estimate of drug-likeness (QED) is 0.441. The zero-order valence-electron chi connectivity index (χ0n) is 12.6. The minimum absolute atomic E-state index is 0.172. The molecule has 1 nitrogen and oxygen atoms in total. The molecule has 0 atom stereocenters. The first-order chi connectivity index (χ1) is 8.56. The van der Waals surface area contributed by atoms with E-state index >= 15 is 0 Å². The largest absolute Gasteiger partial charge is 0.392 e.